The van der Waals surface area contributed by atoms with Crippen molar-refractivity contribution >= 4 is 29.3 Å². The fraction of sp³-hybridized carbons (Fsp3) is 0.417. The molecule has 0 radical (unpaired) electrons. The van der Waals surface area contributed by atoms with E-state index < -0.39 is 0 Å². The van der Waals surface area contributed by atoms with Crippen LogP contribution in [0.3, 0.4) is 0 Å². The summed E-state index contributed by atoms with van der Waals surface area (Å²) in [5, 5.41) is 6.57. The van der Waals surface area contributed by atoms with E-state index in [1.165, 1.54) is 17.3 Å². The molecule has 1 amide bonds. The van der Waals surface area contributed by atoms with Gasteiger partial charge in [-0.05, 0) is 24.2 Å². The highest BCUT2D eigenvalue weighted by Gasteiger charge is 2.06. The highest BCUT2D eigenvalue weighted by molar-refractivity contribution is 8.00. The molecule has 0 heterocycles. The number of hydrogen-bond donors (Lipinski definition) is 2. The van der Waals surface area contributed by atoms with Crippen LogP contribution in [-0.4, -0.2) is 25.3 Å². The second-order valence-corrected chi connectivity index (χ2v) is 4.95. The second-order valence-electron chi connectivity index (χ2n) is 3.49. The maximum absolute atomic E-state index is 11.2. The van der Waals surface area contributed by atoms with Crippen molar-refractivity contribution < 1.29 is 4.79 Å². The van der Waals surface area contributed by atoms with Crippen molar-refractivity contribution in [2.45, 2.75) is 18.4 Å². The van der Waals surface area contributed by atoms with Gasteiger partial charge in [-0.25, -0.2) is 0 Å². The lowest BCUT2D eigenvalue weighted by atomic mass is 10.2. The largest absolute Gasteiger partial charge is 0.358 e. The molecule has 1 rings (SSSR count). The smallest absolute Gasteiger partial charge is 0.230 e. The van der Waals surface area contributed by atoms with Gasteiger partial charge in [0, 0.05) is 23.5 Å². The number of benzene rings is 1. The molecule has 0 spiro atoms. The van der Waals surface area contributed by atoms with Crippen molar-refractivity contribution in [2.24, 2.45) is 0 Å². The Hall–Kier alpha value is -0.710. The highest BCUT2D eigenvalue weighted by Crippen LogP contribution is 2.26. The minimum absolute atomic E-state index is 0.0179. The molecule has 0 saturated carbocycles. The molecule has 0 aromatic heterocycles. The number of halogens is 1. The van der Waals surface area contributed by atoms with Crippen LogP contribution < -0.4 is 10.6 Å². The first-order valence-corrected chi connectivity index (χ1v) is 6.86. The monoisotopic (exact) mass is 272 g/mol. The number of nitrogens with one attached hydrogen (secondary N) is 2. The molecule has 0 bridgehead atoms. The lowest BCUT2D eigenvalue weighted by Crippen LogP contribution is -2.20. The lowest BCUT2D eigenvalue weighted by molar-refractivity contribution is -0.118. The zero-order chi connectivity index (χ0) is 12.7. The topological polar surface area (TPSA) is 41.1 Å². The zero-order valence-corrected chi connectivity index (χ0v) is 11.6. The quantitative estimate of drug-likeness (QED) is 0.781. The Balaban J connectivity index is 2.72. The summed E-state index contributed by atoms with van der Waals surface area (Å²) in [6.07, 6.45) is 0. The predicted molar refractivity (Wildman–Crippen MR) is 73.6 cm³/mol. The number of carbonyl (C=O) groups excluding carboxylic acids is 1. The van der Waals surface area contributed by atoms with Crippen LogP contribution in [0, 0.1) is 0 Å². The van der Waals surface area contributed by atoms with E-state index in [4.69, 9.17) is 11.6 Å². The van der Waals surface area contributed by atoms with Gasteiger partial charge in [-0.2, -0.15) is 0 Å². The third-order valence-electron chi connectivity index (χ3n) is 2.23. The predicted octanol–water partition coefficient (Wildman–Crippen LogP) is 2.29. The Morgan fingerprint density at radius 3 is 2.88 bits per heavy atom. The molecule has 0 saturated heterocycles. The molecule has 3 nitrogen and oxygen atoms in total. The summed E-state index contributed by atoms with van der Waals surface area (Å²) in [4.78, 5) is 12.3. The van der Waals surface area contributed by atoms with E-state index in [0.717, 1.165) is 18.0 Å². The van der Waals surface area contributed by atoms with Gasteiger partial charge in [0.25, 0.3) is 0 Å². The van der Waals surface area contributed by atoms with Gasteiger partial charge in [-0.1, -0.05) is 24.6 Å². The standard InChI is InChI=1S/C12H17ClN2OS/c1-3-15-7-9-4-5-10(13)6-11(9)17-8-12(16)14-2/h4-6,15H,3,7-8H2,1-2H3,(H,14,16). The van der Waals surface area contributed by atoms with Gasteiger partial charge in [-0.3, -0.25) is 4.79 Å². The minimum atomic E-state index is 0.0179. The van der Waals surface area contributed by atoms with Crippen molar-refractivity contribution in [2.75, 3.05) is 19.3 Å². The van der Waals surface area contributed by atoms with Crippen LogP contribution in [0.2, 0.25) is 5.02 Å². The van der Waals surface area contributed by atoms with Gasteiger partial charge in [0.05, 0.1) is 5.75 Å². The number of amides is 1. The number of rotatable bonds is 6. The van der Waals surface area contributed by atoms with Crippen LogP contribution in [-0.2, 0) is 11.3 Å². The fourth-order valence-corrected chi connectivity index (χ4v) is 2.49. The summed E-state index contributed by atoms with van der Waals surface area (Å²) in [6, 6.07) is 5.77. The second kappa shape index (κ2) is 7.58. The Bertz CT molecular complexity index is 385. The maximum atomic E-state index is 11.2. The van der Waals surface area contributed by atoms with Crippen molar-refractivity contribution in [3.8, 4) is 0 Å². The number of hydrogen-bond acceptors (Lipinski definition) is 3. The van der Waals surface area contributed by atoms with Crippen LogP contribution in [0.1, 0.15) is 12.5 Å². The molecule has 2 N–H and O–H groups in total. The Kier molecular flexibility index (Phi) is 6.40. The van der Waals surface area contributed by atoms with E-state index in [0.29, 0.717) is 10.8 Å². The van der Waals surface area contributed by atoms with E-state index >= 15 is 0 Å². The van der Waals surface area contributed by atoms with Gasteiger partial charge in [0.15, 0.2) is 0 Å². The Morgan fingerprint density at radius 2 is 2.24 bits per heavy atom. The molecule has 0 atom stereocenters. The van der Waals surface area contributed by atoms with Gasteiger partial charge < -0.3 is 10.6 Å². The van der Waals surface area contributed by atoms with Crippen LogP contribution in [0.15, 0.2) is 23.1 Å². The molecule has 0 aliphatic carbocycles. The summed E-state index contributed by atoms with van der Waals surface area (Å²) < 4.78 is 0. The van der Waals surface area contributed by atoms with Crippen molar-refractivity contribution in [3.05, 3.63) is 28.8 Å². The molecule has 0 aliphatic heterocycles. The van der Waals surface area contributed by atoms with Crippen LogP contribution in [0.5, 0.6) is 0 Å². The first-order valence-electron chi connectivity index (χ1n) is 5.50. The summed E-state index contributed by atoms with van der Waals surface area (Å²) in [7, 11) is 1.64. The molecule has 0 aliphatic rings. The van der Waals surface area contributed by atoms with Gasteiger partial charge in [0.2, 0.25) is 5.91 Å². The van der Waals surface area contributed by atoms with E-state index in [1.54, 1.807) is 7.05 Å². The summed E-state index contributed by atoms with van der Waals surface area (Å²) in [6.45, 7) is 3.78. The molecule has 0 unspecified atom stereocenters. The minimum Gasteiger partial charge on any atom is -0.358 e. The third kappa shape index (κ3) is 4.98. The highest BCUT2D eigenvalue weighted by atomic mass is 35.5. The van der Waals surface area contributed by atoms with Crippen LogP contribution >= 0.6 is 23.4 Å². The van der Waals surface area contributed by atoms with E-state index in [9.17, 15) is 4.79 Å². The van der Waals surface area contributed by atoms with Gasteiger partial charge in [0.1, 0.15) is 0 Å². The molecular weight excluding hydrogens is 256 g/mol. The molecular formula is C12H17ClN2OS. The summed E-state index contributed by atoms with van der Waals surface area (Å²) in [5.41, 5.74) is 1.17. The van der Waals surface area contributed by atoms with E-state index in [2.05, 4.69) is 17.6 Å². The van der Waals surface area contributed by atoms with E-state index in [1.807, 2.05) is 18.2 Å². The molecule has 17 heavy (non-hydrogen) atoms. The van der Waals surface area contributed by atoms with E-state index in [-0.39, 0.29) is 5.91 Å². The average Bonchev–Trinajstić information content (AvgIpc) is 2.34. The Morgan fingerprint density at radius 1 is 1.47 bits per heavy atom. The maximum Gasteiger partial charge on any atom is 0.230 e. The van der Waals surface area contributed by atoms with Gasteiger partial charge in [-0.15, -0.1) is 11.8 Å². The van der Waals surface area contributed by atoms with Crippen LogP contribution in [0.4, 0.5) is 0 Å². The van der Waals surface area contributed by atoms with Crippen molar-refractivity contribution in [1.29, 1.82) is 0 Å². The average molecular weight is 273 g/mol. The van der Waals surface area contributed by atoms with Crippen LogP contribution in [0.25, 0.3) is 0 Å². The van der Waals surface area contributed by atoms with Crippen molar-refractivity contribution in [3.63, 3.8) is 0 Å². The normalized spacial score (nSPS) is 10.3. The number of thioether (sulfide) groups is 1. The molecule has 1 aromatic rings. The number of carbonyl (C=O) groups is 1. The molecule has 1 aromatic carbocycles. The summed E-state index contributed by atoms with van der Waals surface area (Å²) >= 11 is 7.47. The lowest BCUT2D eigenvalue weighted by Gasteiger charge is -2.09. The summed E-state index contributed by atoms with van der Waals surface area (Å²) in [5.74, 6) is 0.431. The SMILES string of the molecule is CCNCc1ccc(Cl)cc1SCC(=O)NC. The fourth-order valence-electron chi connectivity index (χ4n) is 1.28. The molecule has 94 valence electrons. The zero-order valence-electron chi connectivity index (χ0n) is 10.0. The first kappa shape index (κ1) is 14.4. The van der Waals surface area contributed by atoms with Gasteiger partial charge >= 0.3 is 0 Å². The molecule has 0 fully saturated rings. The van der Waals surface area contributed by atoms with Crippen molar-refractivity contribution in [1.82, 2.24) is 10.6 Å². The molecule has 5 heteroatoms. The first-order chi connectivity index (χ1) is 8.17. The third-order valence-corrected chi connectivity index (χ3v) is 3.56. The Labute approximate surface area is 111 Å².